The third-order valence-corrected chi connectivity index (χ3v) is 3.11. The molecule has 1 saturated heterocycles. The number of piperazine rings is 1. The number of rotatable bonds is 2. The molecule has 3 nitrogen and oxygen atoms in total. The van der Waals surface area contributed by atoms with Crippen molar-refractivity contribution in [1.29, 1.82) is 0 Å². The minimum atomic E-state index is 0.120. The summed E-state index contributed by atoms with van der Waals surface area (Å²) in [5.74, 6) is 0. The summed E-state index contributed by atoms with van der Waals surface area (Å²) in [5.41, 5.74) is 3.42. The molecule has 0 spiro atoms. The first-order valence-corrected chi connectivity index (χ1v) is 5.89. The normalized spacial score (nSPS) is 21.2. The van der Waals surface area contributed by atoms with E-state index in [-0.39, 0.29) is 6.61 Å². The largest absolute Gasteiger partial charge is 0.392 e. The molecule has 0 aromatic heterocycles. The van der Waals surface area contributed by atoms with Crippen molar-refractivity contribution in [3.63, 3.8) is 0 Å². The van der Waals surface area contributed by atoms with Crippen molar-refractivity contribution in [2.75, 3.05) is 24.5 Å². The monoisotopic (exact) mass is 220 g/mol. The number of nitrogens with one attached hydrogen (secondary N) is 1. The highest BCUT2D eigenvalue weighted by Gasteiger charge is 2.17. The molecule has 2 rings (SSSR count). The highest BCUT2D eigenvalue weighted by atomic mass is 16.3. The van der Waals surface area contributed by atoms with Gasteiger partial charge >= 0.3 is 0 Å². The van der Waals surface area contributed by atoms with Crippen LogP contribution in [0, 0.1) is 6.92 Å². The van der Waals surface area contributed by atoms with Gasteiger partial charge in [-0.1, -0.05) is 17.7 Å². The Labute approximate surface area is 97.1 Å². The number of anilines is 1. The van der Waals surface area contributed by atoms with Crippen LogP contribution in [0.4, 0.5) is 5.69 Å². The molecule has 1 atom stereocenters. The van der Waals surface area contributed by atoms with Crippen LogP contribution in [0.2, 0.25) is 0 Å². The van der Waals surface area contributed by atoms with Crippen LogP contribution in [0.15, 0.2) is 18.2 Å². The minimum absolute atomic E-state index is 0.120. The molecule has 1 aromatic carbocycles. The Balaban J connectivity index is 2.24. The van der Waals surface area contributed by atoms with Crippen molar-refractivity contribution in [3.05, 3.63) is 29.3 Å². The molecule has 3 heteroatoms. The molecule has 0 saturated carbocycles. The molecule has 1 aliphatic heterocycles. The zero-order valence-electron chi connectivity index (χ0n) is 10.0. The predicted molar refractivity (Wildman–Crippen MR) is 66.8 cm³/mol. The van der Waals surface area contributed by atoms with Crippen LogP contribution in [0.25, 0.3) is 0 Å². The molecule has 2 N–H and O–H groups in total. The number of nitrogens with zero attached hydrogens (tertiary/aromatic N) is 1. The Morgan fingerprint density at radius 1 is 1.50 bits per heavy atom. The van der Waals surface area contributed by atoms with E-state index >= 15 is 0 Å². The van der Waals surface area contributed by atoms with Gasteiger partial charge in [0.25, 0.3) is 0 Å². The molecule has 1 fully saturated rings. The predicted octanol–water partition coefficient (Wildman–Crippen LogP) is 1.29. The van der Waals surface area contributed by atoms with E-state index in [0.717, 1.165) is 25.2 Å². The Morgan fingerprint density at radius 2 is 2.31 bits per heavy atom. The second-order valence-corrected chi connectivity index (χ2v) is 4.59. The fourth-order valence-electron chi connectivity index (χ4n) is 2.30. The summed E-state index contributed by atoms with van der Waals surface area (Å²) < 4.78 is 0. The fraction of sp³-hybridized carbons (Fsp3) is 0.538. The molecule has 1 aliphatic rings. The van der Waals surface area contributed by atoms with Gasteiger partial charge in [-0.05, 0) is 19.9 Å². The van der Waals surface area contributed by atoms with Crippen LogP contribution in [0.5, 0.6) is 0 Å². The van der Waals surface area contributed by atoms with Crippen molar-refractivity contribution in [2.45, 2.75) is 26.5 Å². The zero-order valence-corrected chi connectivity index (χ0v) is 10.0. The zero-order chi connectivity index (χ0) is 11.5. The van der Waals surface area contributed by atoms with Gasteiger partial charge in [0.1, 0.15) is 0 Å². The first-order valence-electron chi connectivity index (χ1n) is 5.89. The summed E-state index contributed by atoms with van der Waals surface area (Å²) in [5, 5.41) is 12.8. The van der Waals surface area contributed by atoms with E-state index in [1.54, 1.807) is 0 Å². The summed E-state index contributed by atoms with van der Waals surface area (Å²) in [6.45, 7) is 7.41. The minimum Gasteiger partial charge on any atom is -0.392 e. The molecule has 1 unspecified atom stereocenters. The maximum atomic E-state index is 9.40. The molecule has 0 radical (unpaired) electrons. The first-order chi connectivity index (χ1) is 7.70. The van der Waals surface area contributed by atoms with Crippen LogP contribution >= 0.6 is 0 Å². The van der Waals surface area contributed by atoms with Gasteiger partial charge in [0.05, 0.1) is 6.61 Å². The molecule has 1 aromatic rings. The molecule has 0 aliphatic carbocycles. The molecule has 16 heavy (non-hydrogen) atoms. The third-order valence-electron chi connectivity index (χ3n) is 3.11. The average molecular weight is 220 g/mol. The molecule has 1 heterocycles. The number of aliphatic hydroxyl groups is 1. The summed E-state index contributed by atoms with van der Waals surface area (Å²) in [6, 6.07) is 6.82. The first kappa shape index (κ1) is 11.4. The Bertz CT molecular complexity index is 365. The van der Waals surface area contributed by atoms with E-state index in [9.17, 15) is 5.11 Å². The fourth-order valence-corrected chi connectivity index (χ4v) is 2.30. The molecule has 0 amide bonds. The third kappa shape index (κ3) is 2.36. The van der Waals surface area contributed by atoms with Gasteiger partial charge < -0.3 is 15.3 Å². The molecule has 88 valence electrons. The van der Waals surface area contributed by atoms with E-state index in [1.807, 2.05) is 0 Å². The lowest BCUT2D eigenvalue weighted by Crippen LogP contribution is -2.49. The molecular weight excluding hydrogens is 200 g/mol. The SMILES string of the molecule is Cc1ccc(N2CCNC(C)C2)c(CO)c1. The van der Waals surface area contributed by atoms with Gasteiger partial charge in [0.2, 0.25) is 0 Å². The Hall–Kier alpha value is -1.06. The lowest BCUT2D eigenvalue weighted by molar-refractivity contribution is 0.281. The van der Waals surface area contributed by atoms with Gasteiger partial charge in [0.15, 0.2) is 0 Å². The topological polar surface area (TPSA) is 35.5 Å². The summed E-state index contributed by atoms with van der Waals surface area (Å²) in [4.78, 5) is 2.35. The second kappa shape index (κ2) is 4.85. The quantitative estimate of drug-likeness (QED) is 0.788. The number of benzene rings is 1. The standard InChI is InChI=1S/C13H20N2O/c1-10-3-4-13(12(7-10)9-16)15-6-5-14-11(2)8-15/h3-4,7,11,14,16H,5-6,8-9H2,1-2H3. The van der Waals surface area contributed by atoms with Crippen molar-refractivity contribution < 1.29 is 5.11 Å². The van der Waals surface area contributed by atoms with Crippen molar-refractivity contribution in [2.24, 2.45) is 0 Å². The van der Waals surface area contributed by atoms with Gasteiger partial charge in [-0.3, -0.25) is 0 Å². The highest BCUT2D eigenvalue weighted by Crippen LogP contribution is 2.23. The number of aryl methyl sites for hydroxylation is 1. The summed E-state index contributed by atoms with van der Waals surface area (Å²) >= 11 is 0. The van der Waals surface area contributed by atoms with Gasteiger partial charge in [0, 0.05) is 36.9 Å². The highest BCUT2D eigenvalue weighted by molar-refractivity contribution is 5.55. The van der Waals surface area contributed by atoms with E-state index in [1.165, 1.54) is 11.3 Å². The molecule has 0 bridgehead atoms. The Kier molecular flexibility index (Phi) is 3.46. The van der Waals surface area contributed by atoms with Crippen molar-refractivity contribution in [3.8, 4) is 0 Å². The number of hydrogen-bond donors (Lipinski definition) is 2. The maximum absolute atomic E-state index is 9.40. The smallest absolute Gasteiger partial charge is 0.0702 e. The summed E-state index contributed by atoms with van der Waals surface area (Å²) in [6.07, 6.45) is 0. The molecular formula is C13H20N2O. The number of hydrogen-bond acceptors (Lipinski definition) is 3. The van der Waals surface area contributed by atoms with Gasteiger partial charge in [-0.15, -0.1) is 0 Å². The van der Waals surface area contributed by atoms with E-state index in [4.69, 9.17) is 0 Å². The van der Waals surface area contributed by atoms with Crippen LogP contribution in [-0.4, -0.2) is 30.8 Å². The van der Waals surface area contributed by atoms with Gasteiger partial charge in [-0.25, -0.2) is 0 Å². The van der Waals surface area contributed by atoms with Crippen LogP contribution in [-0.2, 0) is 6.61 Å². The number of aliphatic hydroxyl groups excluding tert-OH is 1. The second-order valence-electron chi connectivity index (χ2n) is 4.59. The van der Waals surface area contributed by atoms with Crippen LogP contribution in [0.1, 0.15) is 18.1 Å². The van der Waals surface area contributed by atoms with Crippen LogP contribution < -0.4 is 10.2 Å². The van der Waals surface area contributed by atoms with E-state index < -0.39 is 0 Å². The van der Waals surface area contributed by atoms with Crippen molar-refractivity contribution >= 4 is 5.69 Å². The summed E-state index contributed by atoms with van der Waals surface area (Å²) in [7, 11) is 0. The Morgan fingerprint density at radius 3 is 3.00 bits per heavy atom. The average Bonchev–Trinajstić information content (AvgIpc) is 2.28. The lowest BCUT2D eigenvalue weighted by atomic mass is 10.1. The van der Waals surface area contributed by atoms with Crippen molar-refractivity contribution in [1.82, 2.24) is 5.32 Å². The van der Waals surface area contributed by atoms with E-state index in [2.05, 4.69) is 42.3 Å². The van der Waals surface area contributed by atoms with E-state index in [0.29, 0.717) is 6.04 Å². The van der Waals surface area contributed by atoms with Gasteiger partial charge in [-0.2, -0.15) is 0 Å². The lowest BCUT2D eigenvalue weighted by Gasteiger charge is -2.34. The van der Waals surface area contributed by atoms with Crippen LogP contribution in [0.3, 0.4) is 0 Å². The maximum Gasteiger partial charge on any atom is 0.0702 e.